The standard InChI is InChI=1S/C42H72O36/c43-1-8-16(51)23(58)30(36(65)66-8)73-38-32(25(60)18(53)10(3-45)68-38)75-40-34(27(62)20(55)12(5-47)70-40)77-42-35(28(63)21(56)14(7-49)72-42)78-41-33(26(61)19(54)13(6-48)71-41)76-39-31(24(59)17(52)11(4-46)69-39)74-37-29(64)22(57)15(50)9(2-44)67-37/h8-65H,1-7H2/t8-,9-,10-,11-,12-,13-,14-,15-,16-,17-,18-,19-,20-,21-,22+,23+,24-,25+,26+,27+,28+,29-,30-,31-,32-,33-,34-,35-,36?,37-,38-,39-,40-,41-,42-/m1/s1. The van der Waals surface area contributed by atoms with E-state index in [1.807, 2.05) is 0 Å². The highest BCUT2D eigenvalue weighted by atomic mass is 16.8. The predicted molar refractivity (Wildman–Crippen MR) is 232 cm³/mol. The zero-order valence-electron chi connectivity index (χ0n) is 40.8. The van der Waals surface area contributed by atoms with Crippen LogP contribution in [0, 0.1) is 0 Å². The molecule has 7 aliphatic rings. The molecule has 0 spiro atoms. The van der Waals surface area contributed by atoms with Crippen LogP contribution in [0.25, 0.3) is 0 Å². The topological polar surface area (TPSA) is 585 Å². The first-order valence-electron chi connectivity index (χ1n) is 24.7. The smallest absolute Gasteiger partial charge is 0.187 e. The zero-order valence-corrected chi connectivity index (χ0v) is 40.8. The van der Waals surface area contributed by atoms with Crippen LogP contribution in [0.2, 0.25) is 0 Å². The van der Waals surface area contributed by atoms with Crippen LogP contribution >= 0.6 is 0 Å². The van der Waals surface area contributed by atoms with Crippen molar-refractivity contribution in [3.63, 3.8) is 0 Å². The summed E-state index contributed by atoms with van der Waals surface area (Å²) < 4.78 is 74.3. The molecule has 0 aromatic heterocycles. The van der Waals surface area contributed by atoms with Gasteiger partial charge >= 0.3 is 0 Å². The molecule has 456 valence electrons. The van der Waals surface area contributed by atoms with Crippen LogP contribution in [0.15, 0.2) is 0 Å². The molecule has 36 heteroatoms. The van der Waals surface area contributed by atoms with Gasteiger partial charge < -0.3 is 179 Å². The van der Waals surface area contributed by atoms with Gasteiger partial charge in [-0.2, -0.15) is 0 Å². The van der Waals surface area contributed by atoms with Crippen molar-refractivity contribution in [2.75, 3.05) is 46.2 Å². The van der Waals surface area contributed by atoms with Gasteiger partial charge in [-0.3, -0.25) is 0 Å². The molecule has 0 amide bonds. The van der Waals surface area contributed by atoms with Crippen LogP contribution in [0.5, 0.6) is 0 Å². The van der Waals surface area contributed by atoms with Crippen LogP contribution in [-0.2, 0) is 61.6 Å². The molecule has 36 nitrogen and oxygen atoms in total. The molecule has 0 bridgehead atoms. The van der Waals surface area contributed by atoms with Crippen LogP contribution in [0.4, 0.5) is 0 Å². The van der Waals surface area contributed by atoms with E-state index in [9.17, 15) is 117 Å². The molecule has 7 heterocycles. The zero-order chi connectivity index (χ0) is 57.3. The Labute approximate surface area is 439 Å². The fourth-order valence-electron chi connectivity index (χ4n) is 9.88. The van der Waals surface area contributed by atoms with Crippen molar-refractivity contribution in [2.24, 2.45) is 0 Å². The predicted octanol–water partition coefficient (Wildman–Crippen LogP) is -16.3. The molecule has 78 heavy (non-hydrogen) atoms. The Morgan fingerprint density at radius 1 is 0.192 bits per heavy atom. The fraction of sp³-hybridized carbons (Fsp3) is 1.00. The molecule has 7 fully saturated rings. The minimum Gasteiger partial charge on any atom is -0.394 e. The normalized spacial score (nSPS) is 53.5. The third-order valence-electron chi connectivity index (χ3n) is 14.6. The second-order valence-electron chi connectivity index (χ2n) is 19.6. The number of hydrogen-bond donors (Lipinski definition) is 23. The third kappa shape index (κ3) is 12.9. The van der Waals surface area contributed by atoms with Gasteiger partial charge in [0.1, 0.15) is 171 Å². The summed E-state index contributed by atoms with van der Waals surface area (Å²) in [5.74, 6) is 0. The summed E-state index contributed by atoms with van der Waals surface area (Å²) in [6, 6.07) is 0. The fourth-order valence-corrected chi connectivity index (χ4v) is 9.88. The molecular formula is C42H72O36. The van der Waals surface area contributed by atoms with E-state index in [0.717, 1.165) is 0 Å². The van der Waals surface area contributed by atoms with Crippen molar-refractivity contribution in [3.05, 3.63) is 0 Å². The third-order valence-corrected chi connectivity index (χ3v) is 14.6. The molecule has 7 aliphatic heterocycles. The summed E-state index contributed by atoms with van der Waals surface area (Å²) in [6.45, 7) is -7.18. The van der Waals surface area contributed by atoms with Gasteiger partial charge in [0.2, 0.25) is 0 Å². The van der Waals surface area contributed by atoms with E-state index in [4.69, 9.17) is 61.6 Å². The Balaban J connectivity index is 1.20. The van der Waals surface area contributed by atoms with E-state index in [1.54, 1.807) is 0 Å². The second-order valence-corrected chi connectivity index (χ2v) is 19.6. The molecule has 7 rings (SSSR count). The molecule has 23 N–H and O–H groups in total. The highest BCUT2D eigenvalue weighted by Crippen LogP contribution is 2.39. The monoisotopic (exact) mass is 1150 g/mol. The number of ether oxygens (including phenoxy) is 13. The first-order chi connectivity index (χ1) is 37.0. The lowest BCUT2D eigenvalue weighted by atomic mass is 9.95. The van der Waals surface area contributed by atoms with Crippen molar-refractivity contribution in [3.8, 4) is 0 Å². The van der Waals surface area contributed by atoms with Crippen LogP contribution in [-0.4, -0.2) is 379 Å². The van der Waals surface area contributed by atoms with Gasteiger partial charge in [-0.1, -0.05) is 0 Å². The largest absolute Gasteiger partial charge is 0.394 e. The van der Waals surface area contributed by atoms with Crippen LogP contribution in [0.3, 0.4) is 0 Å². The second kappa shape index (κ2) is 27.5. The number of rotatable bonds is 19. The molecule has 0 aromatic rings. The van der Waals surface area contributed by atoms with E-state index >= 15 is 0 Å². The lowest BCUT2D eigenvalue weighted by Gasteiger charge is -2.51. The molecule has 0 aromatic carbocycles. The Morgan fingerprint density at radius 3 is 0.615 bits per heavy atom. The van der Waals surface area contributed by atoms with Gasteiger partial charge in [0.15, 0.2) is 44.0 Å². The van der Waals surface area contributed by atoms with Crippen LogP contribution in [0.1, 0.15) is 0 Å². The molecule has 0 aliphatic carbocycles. The maximum atomic E-state index is 11.7. The highest BCUT2D eigenvalue weighted by molar-refractivity contribution is 5.01. The molecule has 1 unspecified atom stereocenters. The SMILES string of the molecule is OC[C@H]1O[C@H](O[C@H]2[C@@H](O[C@H]3[C@@H](O[C@H]4[C@@H](O[C@H]5[C@@H](O[C@H]6[C@@H](O[C@H]7C(O)O[C@H](CO)[C@@H](O)[C@@H]7O)O[C@H](CO)[C@@H](O)[C@@H]6O)O[C@H](CO)[C@@H](O)[C@@H]5O)O[C@H](CO)[C@@H](O)[C@@H]4O)O[C@H](CO)[C@@H](O)[C@@H]3O)O[C@H](CO)[C@@H](O)[C@H]2O)[C@H](O)[C@@H](O)[C@@H]1O. The van der Waals surface area contributed by atoms with Gasteiger partial charge in [0.05, 0.1) is 46.2 Å². The molecule has 35 atom stereocenters. The van der Waals surface area contributed by atoms with Gasteiger partial charge in [-0.15, -0.1) is 0 Å². The van der Waals surface area contributed by atoms with Crippen molar-refractivity contribution >= 4 is 0 Å². The van der Waals surface area contributed by atoms with E-state index < -0.39 is 261 Å². The summed E-state index contributed by atoms with van der Waals surface area (Å²) in [5.41, 5.74) is 0. The number of aliphatic hydroxyl groups is 23. The summed E-state index contributed by atoms with van der Waals surface area (Å²) >= 11 is 0. The summed E-state index contributed by atoms with van der Waals surface area (Å²) in [4.78, 5) is 0. The summed E-state index contributed by atoms with van der Waals surface area (Å²) in [5, 5.41) is 246. The minimum atomic E-state index is -2.34. The van der Waals surface area contributed by atoms with Crippen molar-refractivity contribution in [1.29, 1.82) is 0 Å². The van der Waals surface area contributed by atoms with Gasteiger partial charge in [0.25, 0.3) is 0 Å². The highest BCUT2D eigenvalue weighted by Gasteiger charge is 2.59. The summed E-state index contributed by atoms with van der Waals surface area (Å²) in [7, 11) is 0. The number of hydrogen-bond acceptors (Lipinski definition) is 36. The Kier molecular flexibility index (Phi) is 22.6. The summed E-state index contributed by atoms with van der Waals surface area (Å²) in [6.07, 6.45) is -72.5. The number of aliphatic hydroxyl groups excluding tert-OH is 23. The Bertz CT molecular complexity index is 1820. The lowest BCUT2D eigenvalue weighted by molar-refractivity contribution is -0.420. The van der Waals surface area contributed by atoms with Crippen LogP contribution < -0.4 is 0 Å². The van der Waals surface area contributed by atoms with Crippen molar-refractivity contribution < 1.29 is 179 Å². The maximum absolute atomic E-state index is 11.7. The molecule has 0 saturated carbocycles. The van der Waals surface area contributed by atoms with Gasteiger partial charge in [-0.05, 0) is 0 Å². The van der Waals surface area contributed by atoms with E-state index in [1.165, 1.54) is 0 Å². The Morgan fingerprint density at radius 2 is 0.372 bits per heavy atom. The Hall–Kier alpha value is -1.44. The minimum absolute atomic E-state index is 0.890. The van der Waals surface area contributed by atoms with E-state index in [0.29, 0.717) is 0 Å². The first kappa shape index (κ1) is 64.1. The maximum Gasteiger partial charge on any atom is 0.187 e. The van der Waals surface area contributed by atoms with Gasteiger partial charge in [0, 0.05) is 0 Å². The van der Waals surface area contributed by atoms with Gasteiger partial charge in [-0.25, -0.2) is 0 Å². The quantitative estimate of drug-likeness (QED) is 0.0571. The lowest BCUT2D eigenvalue weighted by Crippen LogP contribution is -2.69. The van der Waals surface area contributed by atoms with E-state index in [-0.39, 0.29) is 0 Å². The van der Waals surface area contributed by atoms with Crippen molar-refractivity contribution in [2.45, 2.75) is 215 Å². The first-order valence-corrected chi connectivity index (χ1v) is 24.7. The molecular weight excluding hydrogens is 1080 g/mol. The molecule has 7 saturated heterocycles. The average molecular weight is 1150 g/mol. The average Bonchev–Trinajstić information content (AvgIpc) is 3.43. The molecule has 0 radical (unpaired) electrons. The van der Waals surface area contributed by atoms with Crippen molar-refractivity contribution in [1.82, 2.24) is 0 Å². The van der Waals surface area contributed by atoms with E-state index in [2.05, 4.69) is 0 Å².